The number of aromatic nitrogens is 2. The predicted octanol–water partition coefficient (Wildman–Crippen LogP) is 1.25. The molecule has 2 aromatic rings. The lowest BCUT2D eigenvalue weighted by Gasteiger charge is -2.06. The fraction of sp³-hybridized carbons (Fsp3) is 0.0833. The molecule has 0 fully saturated rings. The Morgan fingerprint density at radius 3 is 3.00 bits per heavy atom. The molecule has 2 rings (SSSR count). The molecule has 6 heteroatoms. The van der Waals surface area contributed by atoms with Gasteiger partial charge in [-0.3, -0.25) is 5.43 Å². The molecule has 1 aromatic heterocycles. The summed E-state index contributed by atoms with van der Waals surface area (Å²) in [5, 5.41) is 11.9. The highest BCUT2D eigenvalue weighted by Crippen LogP contribution is 2.09. The van der Waals surface area contributed by atoms with Crippen LogP contribution in [0.25, 0.3) is 0 Å². The largest absolute Gasteiger partial charge is 0.366 e. The van der Waals surface area contributed by atoms with Crippen molar-refractivity contribution in [2.75, 3.05) is 10.7 Å². The second kappa shape index (κ2) is 5.61. The zero-order valence-corrected chi connectivity index (χ0v) is 9.59. The minimum absolute atomic E-state index is 0.353. The van der Waals surface area contributed by atoms with Crippen LogP contribution in [0.4, 0.5) is 11.8 Å². The lowest BCUT2D eigenvalue weighted by molar-refractivity contribution is 1.07. The molecular formula is C12H12N6. The number of rotatable bonds is 4. The summed E-state index contributed by atoms with van der Waals surface area (Å²) in [5.74, 6) is 6.24. The summed E-state index contributed by atoms with van der Waals surface area (Å²) in [4.78, 5) is 8.04. The summed E-state index contributed by atoms with van der Waals surface area (Å²) in [6, 6.07) is 11.2. The van der Waals surface area contributed by atoms with Gasteiger partial charge in [-0.15, -0.1) is 0 Å². The highest BCUT2D eigenvalue weighted by atomic mass is 15.3. The first-order valence-electron chi connectivity index (χ1n) is 5.34. The Kier molecular flexibility index (Phi) is 3.69. The molecule has 0 spiro atoms. The molecule has 0 saturated heterocycles. The Morgan fingerprint density at radius 2 is 2.22 bits per heavy atom. The maximum absolute atomic E-state index is 8.80. The summed E-state index contributed by atoms with van der Waals surface area (Å²) < 4.78 is 0. The van der Waals surface area contributed by atoms with Crippen LogP contribution in [0.1, 0.15) is 11.1 Å². The van der Waals surface area contributed by atoms with Gasteiger partial charge in [0.25, 0.3) is 0 Å². The Balaban J connectivity index is 2.04. The number of anilines is 2. The number of nitrogens with zero attached hydrogens (tertiary/aromatic N) is 3. The van der Waals surface area contributed by atoms with Crippen molar-refractivity contribution in [3.05, 3.63) is 47.7 Å². The molecule has 0 radical (unpaired) electrons. The smallest absolute Gasteiger partial charge is 0.239 e. The number of nitrogens with one attached hydrogen (secondary N) is 2. The maximum Gasteiger partial charge on any atom is 0.239 e. The molecule has 18 heavy (non-hydrogen) atoms. The molecule has 1 aromatic carbocycles. The van der Waals surface area contributed by atoms with Gasteiger partial charge < -0.3 is 5.32 Å². The summed E-state index contributed by atoms with van der Waals surface area (Å²) in [5.41, 5.74) is 4.03. The minimum Gasteiger partial charge on any atom is -0.366 e. The van der Waals surface area contributed by atoms with Crippen LogP contribution in [0, 0.1) is 11.3 Å². The molecule has 6 nitrogen and oxygen atoms in total. The van der Waals surface area contributed by atoms with Gasteiger partial charge in [0.2, 0.25) is 5.95 Å². The van der Waals surface area contributed by atoms with Gasteiger partial charge in [0.1, 0.15) is 5.82 Å². The van der Waals surface area contributed by atoms with E-state index in [4.69, 9.17) is 11.1 Å². The van der Waals surface area contributed by atoms with Gasteiger partial charge in [-0.1, -0.05) is 12.1 Å². The number of hydrogen-bond donors (Lipinski definition) is 3. The van der Waals surface area contributed by atoms with E-state index in [-0.39, 0.29) is 0 Å². The van der Waals surface area contributed by atoms with Gasteiger partial charge in [-0.05, 0) is 23.8 Å². The van der Waals surface area contributed by atoms with Crippen LogP contribution in [0.2, 0.25) is 0 Å². The molecule has 0 aliphatic heterocycles. The Morgan fingerprint density at radius 1 is 1.33 bits per heavy atom. The first-order chi connectivity index (χ1) is 8.81. The predicted molar refractivity (Wildman–Crippen MR) is 68.3 cm³/mol. The maximum atomic E-state index is 8.80. The van der Waals surface area contributed by atoms with Crippen molar-refractivity contribution in [3.63, 3.8) is 0 Å². The monoisotopic (exact) mass is 240 g/mol. The lowest BCUT2D eigenvalue weighted by atomic mass is 10.1. The van der Waals surface area contributed by atoms with Crippen molar-refractivity contribution in [3.8, 4) is 6.07 Å². The summed E-state index contributed by atoms with van der Waals surface area (Å²) in [7, 11) is 0. The third kappa shape index (κ3) is 2.93. The average Bonchev–Trinajstić information content (AvgIpc) is 2.45. The normalized spacial score (nSPS) is 9.56. The molecule has 0 atom stereocenters. The van der Waals surface area contributed by atoms with Crippen molar-refractivity contribution < 1.29 is 0 Å². The number of nitrogens with two attached hydrogens (primary N) is 1. The highest BCUT2D eigenvalue weighted by Gasteiger charge is 1.98. The molecule has 0 aliphatic carbocycles. The number of nitrogen functional groups attached to an aromatic ring is 1. The van der Waals surface area contributed by atoms with Crippen LogP contribution in [-0.2, 0) is 6.54 Å². The summed E-state index contributed by atoms with van der Waals surface area (Å²) >= 11 is 0. The second-order valence-corrected chi connectivity index (χ2v) is 3.58. The van der Waals surface area contributed by atoms with E-state index < -0.39 is 0 Å². The van der Waals surface area contributed by atoms with E-state index in [1.54, 1.807) is 18.3 Å². The van der Waals surface area contributed by atoms with E-state index in [9.17, 15) is 0 Å². The first kappa shape index (κ1) is 11.8. The summed E-state index contributed by atoms with van der Waals surface area (Å²) in [6.07, 6.45) is 1.61. The number of hydrogen-bond acceptors (Lipinski definition) is 6. The van der Waals surface area contributed by atoms with Crippen LogP contribution in [0.5, 0.6) is 0 Å². The second-order valence-electron chi connectivity index (χ2n) is 3.58. The van der Waals surface area contributed by atoms with E-state index in [2.05, 4.69) is 26.8 Å². The number of hydrazine groups is 1. The van der Waals surface area contributed by atoms with Gasteiger partial charge in [0, 0.05) is 12.7 Å². The molecule has 90 valence electrons. The van der Waals surface area contributed by atoms with Crippen molar-refractivity contribution in [2.24, 2.45) is 5.84 Å². The third-order valence-corrected chi connectivity index (χ3v) is 2.31. The van der Waals surface area contributed by atoms with Gasteiger partial charge in [0.05, 0.1) is 11.6 Å². The van der Waals surface area contributed by atoms with E-state index in [0.717, 1.165) is 5.56 Å². The molecule has 4 N–H and O–H groups in total. The Bertz CT molecular complexity index is 575. The third-order valence-electron chi connectivity index (χ3n) is 2.31. The molecule has 0 aliphatic rings. The molecule has 0 unspecified atom stereocenters. The molecule has 1 heterocycles. The quantitative estimate of drug-likeness (QED) is 0.549. The minimum atomic E-state index is 0.353. The van der Waals surface area contributed by atoms with Gasteiger partial charge in [-0.2, -0.15) is 10.2 Å². The molecule has 0 bridgehead atoms. The topological polar surface area (TPSA) is 99.7 Å². The Hall–Kier alpha value is -2.65. The zero-order valence-electron chi connectivity index (χ0n) is 9.59. The van der Waals surface area contributed by atoms with E-state index in [1.807, 2.05) is 18.2 Å². The van der Waals surface area contributed by atoms with E-state index in [0.29, 0.717) is 23.9 Å². The van der Waals surface area contributed by atoms with Crippen LogP contribution in [0.3, 0.4) is 0 Å². The van der Waals surface area contributed by atoms with Gasteiger partial charge >= 0.3 is 0 Å². The molecular weight excluding hydrogens is 228 g/mol. The fourth-order valence-electron chi connectivity index (χ4n) is 1.47. The van der Waals surface area contributed by atoms with Crippen molar-refractivity contribution >= 4 is 11.8 Å². The Labute approximate surface area is 104 Å². The molecule has 0 saturated carbocycles. The van der Waals surface area contributed by atoms with Crippen molar-refractivity contribution in [1.82, 2.24) is 9.97 Å². The van der Waals surface area contributed by atoms with Crippen LogP contribution in [0.15, 0.2) is 36.5 Å². The van der Waals surface area contributed by atoms with E-state index in [1.165, 1.54) is 0 Å². The first-order valence-corrected chi connectivity index (χ1v) is 5.34. The fourth-order valence-corrected chi connectivity index (χ4v) is 1.47. The SMILES string of the molecule is N#Cc1cccc(CNc2ccnc(NN)n2)c1. The lowest BCUT2D eigenvalue weighted by Crippen LogP contribution is -2.11. The van der Waals surface area contributed by atoms with Gasteiger partial charge in [0.15, 0.2) is 0 Å². The highest BCUT2D eigenvalue weighted by molar-refractivity contribution is 5.40. The standard InChI is InChI=1S/C12H12N6/c13-7-9-2-1-3-10(6-9)8-16-11-4-5-15-12(17-11)18-14/h1-6H,8,14H2,(H2,15,16,17,18). The van der Waals surface area contributed by atoms with Crippen LogP contribution in [-0.4, -0.2) is 9.97 Å². The van der Waals surface area contributed by atoms with Crippen molar-refractivity contribution in [2.45, 2.75) is 6.54 Å². The van der Waals surface area contributed by atoms with Crippen LogP contribution < -0.4 is 16.6 Å². The summed E-state index contributed by atoms with van der Waals surface area (Å²) in [6.45, 7) is 0.580. The van der Waals surface area contributed by atoms with E-state index >= 15 is 0 Å². The van der Waals surface area contributed by atoms with Crippen molar-refractivity contribution in [1.29, 1.82) is 5.26 Å². The van der Waals surface area contributed by atoms with Crippen LogP contribution >= 0.6 is 0 Å². The number of benzene rings is 1. The number of nitriles is 1. The zero-order chi connectivity index (χ0) is 12.8. The van der Waals surface area contributed by atoms with Gasteiger partial charge in [-0.25, -0.2) is 10.8 Å². The molecule has 0 amide bonds. The average molecular weight is 240 g/mol.